The van der Waals surface area contributed by atoms with Crippen LogP contribution in [-0.4, -0.2) is 41.2 Å². The van der Waals surface area contributed by atoms with Crippen LogP contribution in [0.4, 0.5) is 5.69 Å². The molecule has 4 rings (SSSR count). The molecule has 26 heavy (non-hydrogen) atoms. The molecule has 7 nitrogen and oxygen atoms in total. The summed E-state index contributed by atoms with van der Waals surface area (Å²) < 4.78 is 14.9. The van der Waals surface area contributed by atoms with E-state index in [2.05, 4.69) is 9.97 Å². The topological polar surface area (TPSA) is 107 Å². The van der Waals surface area contributed by atoms with Crippen molar-refractivity contribution in [1.29, 1.82) is 0 Å². The fourth-order valence-electron chi connectivity index (χ4n) is 2.72. The Morgan fingerprint density at radius 3 is 2.92 bits per heavy atom. The highest BCUT2D eigenvalue weighted by Crippen LogP contribution is 2.42. The number of nitrogens with two attached hydrogens (primary N) is 1. The average molecular weight is 406 g/mol. The Morgan fingerprint density at radius 1 is 1.42 bits per heavy atom. The predicted octanol–water partition coefficient (Wildman–Crippen LogP) is 2.50. The number of fused-ring (bicyclic) bond motifs is 1. The number of hydrogen-bond donors (Lipinski definition) is 2. The van der Waals surface area contributed by atoms with Gasteiger partial charge in [-0.05, 0) is 6.07 Å². The van der Waals surface area contributed by atoms with Crippen molar-refractivity contribution in [3.8, 4) is 22.0 Å². The zero-order chi connectivity index (χ0) is 18.3. The third-order valence-electron chi connectivity index (χ3n) is 3.89. The number of nitrogens with zero attached hydrogens (tertiary/aromatic N) is 4. The number of aliphatic hydroxyl groups excluding tert-OH is 1. The smallest absolute Gasteiger partial charge is 0.141 e. The molecule has 0 aliphatic carbocycles. The van der Waals surface area contributed by atoms with Crippen LogP contribution in [0.15, 0.2) is 34.4 Å². The van der Waals surface area contributed by atoms with Crippen LogP contribution < -0.4 is 5.73 Å². The molecular formula is C16H15N5O2S3. The monoisotopic (exact) mass is 405 g/mol. The van der Waals surface area contributed by atoms with Crippen LogP contribution in [0.25, 0.3) is 32.2 Å². The molecule has 4 aromatic rings. The van der Waals surface area contributed by atoms with Crippen molar-refractivity contribution in [2.45, 2.75) is 4.21 Å². The lowest BCUT2D eigenvalue weighted by molar-refractivity contribution is 0.321. The van der Waals surface area contributed by atoms with Gasteiger partial charge < -0.3 is 15.4 Å². The van der Waals surface area contributed by atoms with Crippen LogP contribution in [0.1, 0.15) is 0 Å². The highest BCUT2D eigenvalue weighted by molar-refractivity contribution is 7.87. The van der Waals surface area contributed by atoms with Crippen molar-refractivity contribution < 1.29 is 9.32 Å². The van der Waals surface area contributed by atoms with E-state index < -0.39 is 10.8 Å². The van der Waals surface area contributed by atoms with Gasteiger partial charge in [0.2, 0.25) is 0 Å². The lowest BCUT2D eigenvalue weighted by Crippen LogP contribution is -2.02. The second kappa shape index (κ2) is 6.88. The standard InChI is InChI=1S/C16H15N5O2S3/c1-21-8-18-7-11(21)9-6-10(14-19-2-4-24-14)20-15-12(9)13(17)16(25-15)26(23)5-3-22/h2,4,6-8,22H,3,5,17H2,1H3. The Bertz CT molecular complexity index is 1100. The summed E-state index contributed by atoms with van der Waals surface area (Å²) in [6, 6.07) is 1.94. The van der Waals surface area contributed by atoms with Crippen molar-refractivity contribution in [3.05, 3.63) is 30.2 Å². The number of nitrogen functional groups attached to an aromatic ring is 1. The molecular weight excluding hydrogens is 390 g/mol. The van der Waals surface area contributed by atoms with Gasteiger partial charge in [0, 0.05) is 29.6 Å². The molecule has 0 spiro atoms. The van der Waals surface area contributed by atoms with Gasteiger partial charge >= 0.3 is 0 Å². The summed E-state index contributed by atoms with van der Waals surface area (Å²) in [7, 11) is 0.544. The minimum atomic E-state index is -1.36. The van der Waals surface area contributed by atoms with Gasteiger partial charge in [0.25, 0.3) is 0 Å². The first kappa shape index (κ1) is 17.3. The van der Waals surface area contributed by atoms with Crippen molar-refractivity contribution in [2.75, 3.05) is 18.1 Å². The first-order valence-electron chi connectivity index (χ1n) is 7.69. The van der Waals surface area contributed by atoms with Gasteiger partial charge in [0.1, 0.15) is 19.7 Å². The molecule has 134 valence electrons. The molecule has 0 radical (unpaired) electrons. The highest BCUT2D eigenvalue weighted by atomic mass is 32.2. The molecule has 0 amide bonds. The van der Waals surface area contributed by atoms with Crippen molar-refractivity contribution in [2.24, 2.45) is 7.05 Å². The normalized spacial score (nSPS) is 12.7. The van der Waals surface area contributed by atoms with Gasteiger partial charge in [-0.3, -0.25) is 4.21 Å². The van der Waals surface area contributed by atoms with Crippen LogP contribution in [0, 0.1) is 0 Å². The number of aryl methyl sites for hydroxylation is 1. The highest BCUT2D eigenvalue weighted by Gasteiger charge is 2.22. The second-order valence-electron chi connectivity index (χ2n) is 5.54. The number of rotatable bonds is 5. The maximum atomic E-state index is 12.4. The third-order valence-corrected chi connectivity index (χ3v) is 7.58. The maximum Gasteiger partial charge on any atom is 0.141 e. The Balaban J connectivity index is 2.02. The van der Waals surface area contributed by atoms with E-state index in [1.54, 1.807) is 18.7 Å². The maximum absolute atomic E-state index is 12.4. The van der Waals surface area contributed by atoms with Gasteiger partial charge in [-0.15, -0.1) is 22.7 Å². The van der Waals surface area contributed by atoms with E-state index in [-0.39, 0.29) is 12.4 Å². The largest absolute Gasteiger partial charge is 0.396 e. The number of imidazole rings is 1. The Kier molecular flexibility index (Phi) is 4.57. The molecule has 0 saturated heterocycles. The minimum Gasteiger partial charge on any atom is -0.396 e. The summed E-state index contributed by atoms with van der Waals surface area (Å²) in [5, 5.41) is 12.6. The van der Waals surface area contributed by atoms with E-state index in [4.69, 9.17) is 15.8 Å². The van der Waals surface area contributed by atoms with Gasteiger partial charge in [-0.25, -0.2) is 15.0 Å². The summed E-state index contributed by atoms with van der Waals surface area (Å²) in [4.78, 5) is 13.9. The quantitative estimate of drug-likeness (QED) is 0.528. The van der Waals surface area contributed by atoms with Gasteiger partial charge in [0.15, 0.2) is 0 Å². The lowest BCUT2D eigenvalue weighted by Gasteiger charge is -2.07. The van der Waals surface area contributed by atoms with E-state index in [1.165, 1.54) is 22.7 Å². The number of pyridine rings is 1. The zero-order valence-electron chi connectivity index (χ0n) is 13.7. The summed E-state index contributed by atoms with van der Waals surface area (Å²) in [6.45, 7) is -0.160. The summed E-state index contributed by atoms with van der Waals surface area (Å²) in [5.74, 6) is 0.150. The molecule has 0 aliphatic rings. The van der Waals surface area contributed by atoms with Gasteiger partial charge in [-0.2, -0.15) is 0 Å². The SMILES string of the molecule is Cn1cncc1-c1cc(-c2nccs2)nc2sc(S(=O)CCO)c(N)c12. The van der Waals surface area contributed by atoms with Crippen LogP contribution in [0.2, 0.25) is 0 Å². The van der Waals surface area contributed by atoms with E-state index in [9.17, 15) is 4.21 Å². The van der Waals surface area contributed by atoms with Crippen LogP contribution in [0.5, 0.6) is 0 Å². The van der Waals surface area contributed by atoms with E-state index in [0.29, 0.717) is 14.7 Å². The summed E-state index contributed by atoms with van der Waals surface area (Å²) in [6.07, 6.45) is 5.22. The third kappa shape index (κ3) is 2.84. The Labute approximate surface area is 159 Å². The minimum absolute atomic E-state index is 0.150. The molecule has 0 saturated carbocycles. The van der Waals surface area contributed by atoms with Crippen molar-refractivity contribution in [1.82, 2.24) is 19.5 Å². The van der Waals surface area contributed by atoms with E-state index in [1.807, 2.05) is 23.1 Å². The molecule has 0 bridgehead atoms. The fourth-order valence-corrected chi connectivity index (χ4v) is 5.73. The predicted molar refractivity (Wildman–Crippen MR) is 106 cm³/mol. The molecule has 4 aromatic heterocycles. The summed E-state index contributed by atoms with van der Waals surface area (Å²) >= 11 is 2.80. The Hall–Kier alpha value is -2.14. The number of thiazole rings is 1. The molecule has 4 heterocycles. The molecule has 10 heteroatoms. The number of anilines is 1. The first-order chi connectivity index (χ1) is 12.6. The zero-order valence-corrected chi connectivity index (χ0v) is 16.2. The fraction of sp³-hybridized carbons (Fsp3) is 0.188. The number of hydrogen-bond acceptors (Lipinski definition) is 8. The molecule has 1 unspecified atom stereocenters. The molecule has 0 aromatic carbocycles. The van der Waals surface area contributed by atoms with Gasteiger partial charge in [0.05, 0.1) is 47.1 Å². The molecule has 0 fully saturated rings. The molecule has 3 N–H and O–H groups in total. The average Bonchev–Trinajstić information content (AvgIpc) is 3.35. The van der Waals surface area contributed by atoms with Crippen molar-refractivity contribution >= 4 is 49.4 Å². The van der Waals surface area contributed by atoms with E-state index in [0.717, 1.165) is 27.3 Å². The number of thiophene rings is 1. The second-order valence-corrected chi connectivity index (χ2v) is 9.20. The van der Waals surface area contributed by atoms with Crippen LogP contribution >= 0.6 is 22.7 Å². The number of aliphatic hydroxyl groups is 1. The number of aromatic nitrogens is 4. The van der Waals surface area contributed by atoms with Gasteiger partial charge in [-0.1, -0.05) is 0 Å². The lowest BCUT2D eigenvalue weighted by atomic mass is 10.1. The van der Waals surface area contributed by atoms with Crippen molar-refractivity contribution in [3.63, 3.8) is 0 Å². The van der Waals surface area contributed by atoms with Crippen LogP contribution in [-0.2, 0) is 17.8 Å². The molecule has 0 aliphatic heterocycles. The first-order valence-corrected chi connectivity index (χ1v) is 10.7. The Morgan fingerprint density at radius 2 is 2.27 bits per heavy atom. The summed E-state index contributed by atoms with van der Waals surface area (Å²) in [5.41, 5.74) is 9.30. The van der Waals surface area contributed by atoms with Crippen LogP contribution in [0.3, 0.4) is 0 Å². The van der Waals surface area contributed by atoms with E-state index >= 15 is 0 Å². The molecule has 1 atom stereocenters.